The summed E-state index contributed by atoms with van der Waals surface area (Å²) in [6.45, 7) is 1.58. The first-order chi connectivity index (χ1) is 16.9. The molecule has 2 heterocycles. The molecule has 0 fully saturated rings. The van der Waals surface area contributed by atoms with Gasteiger partial charge in [0.05, 0.1) is 10.4 Å². The summed E-state index contributed by atoms with van der Waals surface area (Å²) in [5.41, 5.74) is 0.186. The maximum atomic E-state index is 13.7. The molecule has 0 N–H and O–H groups in total. The SMILES string of the molecule is Cc1cccc(C(F)(F)F)c1Oc1nnc(-c2cc3ccccc3s2)c2cc3ccccc3cc12. The van der Waals surface area contributed by atoms with E-state index in [4.69, 9.17) is 4.74 Å². The highest BCUT2D eigenvalue weighted by Gasteiger charge is 2.35. The van der Waals surface area contributed by atoms with Crippen LogP contribution in [0.3, 0.4) is 0 Å². The van der Waals surface area contributed by atoms with Crippen molar-refractivity contribution in [3.8, 4) is 22.2 Å². The van der Waals surface area contributed by atoms with Crippen molar-refractivity contribution in [3.63, 3.8) is 0 Å². The Bertz CT molecular complexity index is 1710. The summed E-state index contributed by atoms with van der Waals surface area (Å²) in [6.07, 6.45) is -4.56. The van der Waals surface area contributed by atoms with Crippen molar-refractivity contribution >= 4 is 43.0 Å². The second-order valence-electron chi connectivity index (χ2n) is 8.30. The third-order valence-electron chi connectivity index (χ3n) is 5.99. The molecule has 172 valence electrons. The summed E-state index contributed by atoms with van der Waals surface area (Å²) in [6, 6.07) is 25.8. The molecule has 6 rings (SSSR count). The van der Waals surface area contributed by atoms with Crippen molar-refractivity contribution in [3.05, 3.63) is 96.1 Å². The molecular weight excluding hydrogens is 469 g/mol. The zero-order valence-electron chi connectivity index (χ0n) is 18.4. The number of halogens is 3. The van der Waals surface area contributed by atoms with Gasteiger partial charge in [-0.15, -0.1) is 21.5 Å². The number of aromatic nitrogens is 2. The Morgan fingerprint density at radius 1 is 0.743 bits per heavy atom. The van der Waals surface area contributed by atoms with Crippen molar-refractivity contribution in [1.29, 1.82) is 0 Å². The maximum absolute atomic E-state index is 13.7. The molecule has 0 bridgehead atoms. The molecule has 0 radical (unpaired) electrons. The number of aryl methyl sites for hydroxylation is 1. The Kier molecular flexibility index (Phi) is 4.96. The van der Waals surface area contributed by atoms with Crippen LogP contribution in [0.15, 0.2) is 84.9 Å². The van der Waals surface area contributed by atoms with Crippen LogP contribution in [0.1, 0.15) is 11.1 Å². The van der Waals surface area contributed by atoms with Gasteiger partial charge in [0.2, 0.25) is 5.88 Å². The number of rotatable bonds is 3. The van der Waals surface area contributed by atoms with Gasteiger partial charge >= 0.3 is 6.18 Å². The molecular formula is C28H17F3N2OS. The van der Waals surface area contributed by atoms with E-state index in [1.807, 2.05) is 60.7 Å². The van der Waals surface area contributed by atoms with Gasteiger partial charge in [0.25, 0.3) is 0 Å². The molecule has 0 saturated carbocycles. The van der Waals surface area contributed by atoms with Gasteiger partial charge in [0.1, 0.15) is 11.4 Å². The van der Waals surface area contributed by atoms with Crippen LogP contribution >= 0.6 is 11.3 Å². The molecule has 35 heavy (non-hydrogen) atoms. The van der Waals surface area contributed by atoms with Gasteiger partial charge in [-0.25, -0.2) is 0 Å². The maximum Gasteiger partial charge on any atom is 0.419 e. The normalized spacial score (nSPS) is 12.0. The number of para-hydroxylation sites is 1. The molecule has 0 atom stereocenters. The molecule has 7 heteroatoms. The Hall–Kier alpha value is -3.97. The Morgan fingerprint density at radius 2 is 1.43 bits per heavy atom. The van der Waals surface area contributed by atoms with Crippen LogP contribution in [0.2, 0.25) is 0 Å². The summed E-state index contributed by atoms with van der Waals surface area (Å²) >= 11 is 1.60. The molecule has 0 amide bonds. The number of thiophene rings is 1. The van der Waals surface area contributed by atoms with E-state index in [9.17, 15) is 13.2 Å². The molecule has 0 unspecified atom stereocenters. The number of fused-ring (bicyclic) bond motifs is 3. The second-order valence-corrected chi connectivity index (χ2v) is 9.38. The van der Waals surface area contributed by atoms with Crippen LogP contribution in [0.4, 0.5) is 13.2 Å². The van der Waals surface area contributed by atoms with Crippen LogP contribution in [0.25, 0.3) is 42.2 Å². The smallest absolute Gasteiger partial charge is 0.419 e. The quantitative estimate of drug-likeness (QED) is 0.235. The minimum atomic E-state index is -4.56. The lowest BCUT2D eigenvalue weighted by atomic mass is 10.0. The summed E-state index contributed by atoms with van der Waals surface area (Å²) < 4.78 is 48.2. The molecule has 2 aromatic heterocycles. The van der Waals surface area contributed by atoms with Crippen LogP contribution in [0.5, 0.6) is 11.6 Å². The van der Waals surface area contributed by atoms with E-state index in [0.717, 1.165) is 37.2 Å². The number of alkyl halides is 3. The van der Waals surface area contributed by atoms with E-state index >= 15 is 0 Å². The lowest BCUT2D eigenvalue weighted by Gasteiger charge is -2.16. The fraction of sp³-hybridized carbons (Fsp3) is 0.0714. The zero-order valence-corrected chi connectivity index (χ0v) is 19.2. The zero-order chi connectivity index (χ0) is 24.2. The molecule has 6 aromatic rings. The van der Waals surface area contributed by atoms with E-state index in [-0.39, 0.29) is 11.6 Å². The lowest BCUT2D eigenvalue weighted by molar-refractivity contribution is -0.138. The van der Waals surface area contributed by atoms with Crippen molar-refractivity contribution in [1.82, 2.24) is 10.2 Å². The topological polar surface area (TPSA) is 35.0 Å². The van der Waals surface area contributed by atoms with E-state index in [0.29, 0.717) is 16.6 Å². The number of hydrogen-bond donors (Lipinski definition) is 0. The van der Waals surface area contributed by atoms with Gasteiger partial charge in [-0.2, -0.15) is 13.2 Å². The summed E-state index contributed by atoms with van der Waals surface area (Å²) in [5, 5.41) is 13.1. The first kappa shape index (κ1) is 21.6. The molecule has 0 aliphatic heterocycles. The van der Waals surface area contributed by atoms with Crippen LogP contribution in [-0.4, -0.2) is 10.2 Å². The van der Waals surface area contributed by atoms with Crippen molar-refractivity contribution in [2.24, 2.45) is 0 Å². The monoisotopic (exact) mass is 486 g/mol. The largest absolute Gasteiger partial charge is 0.436 e. The number of nitrogens with zero attached hydrogens (tertiary/aromatic N) is 2. The van der Waals surface area contributed by atoms with Gasteiger partial charge in [0, 0.05) is 15.5 Å². The summed E-state index contributed by atoms with van der Waals surface area (Å²) in [5.74, 6) is -0.228. The third-order valence-corrected chi connectivity index (χ3v) is 7.11. The summed E-state index contributed by atoms with van der Waals surface area (Å²) in [4.78, 5) is 0.928. The number of benzene rings is 4. The predicted octanol–water partition coefficient (Wildman–Crippen LogP) is 8.78. The van der Waals surface area contributed by atoms with Crippen molar-refractivity contribution in [2.75, 3.05) is 0 Å². The Labute approximate surface area is 202 Å². The standard InChI is InChI=1S/C28H17F3N2OS/c1-16-7-6-11-22(28(29,30)31)26(16)34-27-21-14-18-9-3-2-8-17(18)13-20(21)25(32-33-27)24-15-19-10-4-5-12-23(19)35-24/h2-15H,1H3. The second kappa shape index (κ2) is 8.06. The van der Waals surface area contributed by atoms with Gasteiger partial charge in [-0.1, -0.05) is 54.6 Å². The molecule has 0 saturated heterocycles. The van der Waals surface area contributed by atoms with E-state index in [1.165, 1.54) is 6.07 Å². The van der Waals surface area contributed by atoms with E-state index in [1.54, 1.807) is 24.3 Å². The van der Waals surface area contributed by atoms with Gasteiger partial charge in [-0.05, 0) is 59.0 Å². The van der Waals surface area contributed by atoms with Gasteiger partial charge in [0.15, 0.2) is 0 Å². The number of hydrogen-bond acceptors (Lipinski definition) is 4. The van der Waals surface area contributed by atoms with Crippen molar-refractivity contribution < 1.29 is 17.9 Å². The molecule has 3 nitrogen and oxygen atoms in total. The molecule has 0 aliphatic carbocycles. The average molecular weight is 487 g/mol. The highest BCUT2D eigenvalue weighted by atomic mass is 32.1. The van der Waals surface area contributed by atoms with E-state index in [2.05, 4.69) is 16.3 Å². The predicted molar refractivity (Wildman–Crippen MR) is 134 cm³/mol. The first-order valence-corrected chi connectivity index (χ1v) is 11.7. The van der Waals surface area contributed by atoms with Gasteiger partial charge in [-0.3, -0.25) is 0 Å². The molecule has 4 aromatic carbocycles. The summed E-state index contributed by atoms with van der Waals surface area (Å²) in [7, 11) is 0. The minimum absolute atomic E-state index is 0.0374. The van der Waals surface area contributed by atoms with Crippen LogP contribution in [-0.2, 0) is 6.18 Å². The fourth-order valence-electron chi connectivity index (χ4n) is 4.28. The highest BCUT2D eigenvalue weighted by Crippen LogP contribution is 2.43. The Balaban J connectivity index is 1.60. The van der Waals surface area contributed by atoms with Crippen LogP contribution < -0.4 is 4.74 Å². The number of ether oxygens (including phenoxy) is 1. The molecule has 0 aliphatic rings. The first-order valence-electron chi connectivity index (χ1n) is 10.9. The highest BCUT2D eigenvalue weighted by molar-refractivity contribution is 7.22. The van der Waals surface area contributed by atoms with Gasteiger partial charge < -0.3 is 4.74 Å². The molecule has 0 spiro atoms. The third kappa shape index (κ3) is 3.78. The van der Waals surface area contributed by atoms with Crippen LogP contribution in [0, 0.1) is 6.92 Å². The van der Waals surface area contributed by atoms with E-state index < -0.39 is 11.7 Å². The minimum Gasteiger partial charge on any atom is -0.436 e. The average Bonchev–Trinajstić information content (AvgIpc) is 3.27. The Morgan fingerprint density at radius 3 is 2.14 bits per heavy atom. The van der Waals surface area contributed by atoms with Crippen molar-refractivity contribution in [2.45, 2.75) is 13.1 Å². The lowest BCUT2D eigenvalue weighted by Crippen LogP contribution is -2.08. The fourth-order valence-corrected chi connectivity index (χ4v) is 5.34.